The van der Waals surface area contributed by atoms with E-state index in [2.05, 4.69) is 16.9 Å². The average molecular weight is 637 g/mol. The lowest BCUT2D eigenvalue weighted by atomic mass is 10.0. The number of nitrogen functional groups attached to an aromatic ring is 1. The van der Waals surface area contributed by atoms with Crippen LogP contribution in [-0.2, 0) is 23.7 Å². The molecule has 45 heavy (non-hydrogen) atoms. The molecular formula is C34H60N4O7. The van der Waals surface area contributed by atoms with Crippen molar-refractivity contribution < 1.29 is 28.8 Å². The fourth-order valence-electron chi connectivity index (χ4n) is 6.15. The lowest BCUT2D eigenvalue weighted by Crippen LogP contribution is -2.36. The monoisotopic (exact) mass is 636 g/mol. The highest BCUT2D eigenvalue weighted by molar-refractivity contribution is 5.69. The predicted molar refractivity (Wildman–Crippen MR) is 173 cm³/mol. The van der Waals surface area contributed by atoms with Crippen LogP contribution in [-0.4, -0.2) is 63.4 Å². The first-order chi connectivity index (χ1) is 22.0. The van der Waals surface area contributed by atoms with E-state index in [-0.39, 0.29) is 37.7 Å². The lowest BCUT2D eigenvalue weighted by Gasteiger charge is -2.30. The molecule has 2 aliphatic heterocycles. The molecule has 2 fully saturated rings. The summed E-state index contributed by atoms with van der Waals surface area (Å²) in [6.07, 6.45) is 23.9. The minimum absolute atomic E-state index is 0.110. The van der Waals surface area contributed by atoms with Crippen LogP contribution in [0.1, 0.15) is 154 Å². The number of rotatable bonds is 24. The van der Waals surface area contributed by atoms with Crippen LogP contribution in [0.5, 0.6) is 0 Å². The largest absolute Gasteiger partial charge is 0.463 e. The van der Waals surface area contributed by atoms with E-state index in [1.165, 1.54) is 107 Å². The Hall–Kier alpha value is -2.08. The highest BCUT2D eigenvalue weighted by Gasteiger charge is 2.37. The third-order valence-corrected chi connectivity index (χ3v) is 8.93. The van der Waals surface area contributed by atoms with Gasteiger partial charge in [0, 0.05) is 12.8 Å². The van der Waals surface area contributed by atoms with Gasteiger partial charge in [-0.3, -0.25) is 9.36 Å². The van der Waals surface area contributed by atoms with Gasteiger partial charge in [-0.05, 0) is 25.7 Å². The normalized spacial score (nSPS) is 23.4. The highest BCUT2D eigenvalue weighted by atomic mass is 16.7. The zero-order valence-corrected chi connectivity index (χ0v) is 27.8. The molecule has 0 bridgehead atoms. The molecule has 0 aromatic carbocycles. The highest BCUT2D eigenvalue weighted by Crippen LogP contribution is 2.29. The number of hydrogen-bond donors (Lipinski definition) is 2. The Kier molecular flexibility index (Phi) is 18.6. The Bertz CT molecular complexity index is 994. The Morgan fingerprint density at radius 1 is 0.911 bits per heavy atom. The molecule has 0 spiro atoms. The topological polar surface area (TPSA) is 148 Å². The molecule has 1 aromatic rings. The molecule has 2 aliphatic rings. The van der Waals surface area contributed by atoms with Gasteiger partial charge < -0.3 is 29.8 Å². The summed E-state index contributed by atoms with van der Waals surface area (Å²) in [6, 6.07) is 0. The van der Waals surface area contributed by atoms with Crippen molar-refractivity contribution in [1.82, 2.24) is 14.5 Å². The number of carbonyl (C=O) groups is 1. The van der Waals surface area contributed by atoms with E-state index in [9.17, 15) is 14.7 Å². The van der Waals surface area contributed by atoms with Crippen LogP contribution >= 0.6 is 0 Å². The quantitative estimate of drug-likeness (QED) is 0.0969. The lowest BCUT2D eigenvalue weighted by molar-refractivity contribution is -0.219. The number of nitrogens with zero attached hydrogens (tertiary/aromatic N) is 3. The maximum atomic E-state index is 12.3. The summed E-state index contributed by atoms with van der Waals surface area (Å²) in [5.41, 5.74) is 4.86. The first-order valence-electron chi connectivity index (χ1n) is 17.9. The average Bonchev–Trinajstić information content (AvgIpc) is 3.40. The van der Waals surface area contributed by atoms with Gasteiger partial charge in [0.2, 0.25) is 5.95 Å². The van der Waals surface area contributed by atoms with Crippen molar-refractivity contribution >= 4 is 11.9 Å². The van der Waals surface area contributed by atoms with E-state index >= 15 is 0 Å². The van der Waals surface area contributed by atoms with Crippen LogP contribution in [0.4, 0.5) is 5.95 Å². The van der Waals surface area contributed by atoms with Gasteiger partial charge in [0.05, 0.1) is 18.8 Å². The number of aliphatic hydroxyl groups excluding tert-OH is 1. The number of ether oxygens (including phenoxy) is 4. The van der Waals surface area contributed by atoms with Crippen LogP contribution in [0, 0.1) is 0 Å². The van der Waals surface area contributed by atoms with Crippen molar-refractivity contribution in [2.45, 2.75) is 179 Å². The zero-order valence-electron chi connectivity index (χ0n) is 27.8. The van der Waals surface area contributed by atoms with Crippen molar-refractivity contribution in [3.05, 3.63) is 16.8 Å². The Labute approximate surface area is 270 Å². The molecule has 0 aliphatic carbocycles. The maximum absolute atomic E-state index is 12.3. The minimum atomic E-state index is -0.811. The molecule has 5 atom stereocenters. The second kappa shape index (κ2) is 22.4. The van der Waals surface area contributed by atoms with Crippen LogP contribution in [0.25, 0.3) is 0 Å². The van der Waals surface area contributed by atoms with Crippen molar-refractivity contribution in [3.63, 3.8) is 0 Å². The predicted octanol–water partition coefficient (Wildman–Crippen LogP) is 6.37. The number of anilines is 1. The molecule has 0 saturated carbocycles. The van der Waals surface area contributed by atoms with Crippen molar-refractivity contribution in [2.75, 3.05) is 18.9 Å². The second-order valence-corrected chi connectivity index (χ2v) is 12.9. The van der Waals surface area contributed by atoms with Crippen LogP contribution in [0.2, 0.25) is 0 Å². The number of esters is 1. The number of hydrogen-bond acceptors (Lipinski definition) is 10. The molecule has 3 heterocycles. The summed E-state index contributed by atoms with van der Waals surface area (Å²) in [4.78, 5) is 31.8. The van der Waals surface area contributed by atoms with Crippen LogP contribution in [0.15, 0.2) is 11.1 Å². The summed E-state index contributed by atoms with van der Waals surface area (Å²) in [6.45, 7) is 2.61. The molecular weight excluding hydrogens is 576 g/mol. The molecule has 5 unspecified atom stereocenters. The third kappa shape index (κ3) is 15.4. The molecule has 0 radical (unpaired) electrons. The van der Waals surface area contributed by atoms with Crippen LogP contribution in [0.3, 0.4) is 0 Å². The Balaban J connectivity index is 1.13. The standard InChI is InChI=1S/C34H60N4O7/c1-2-3-4-5-6-7-8-9-10-11-12-13-14-15-16-17-18-21-31(40)42-24-27-20-19-22-32(44-27)43-25-29-28(39)23-30(45-29)38-26-36-33(35)37-34(38)41/h26-30,32,39H,2-25H2,1H3,(H2,35,37,41). The number of aliphatic hydroxyl groups is 1. The minimum Gasteiger partial charge on any atom is -0.463 e. The molecule has 0 amide bonds. The molecule has 11 nitrogen and oxygen atoms in total. The summed E-state index contributed by atoms with van der Waals surface area (Å²) < 4.78 is 24.4. The van der Waals surface area contributed by atoms with E-state index in [0.29, 0.717) is 12.8 Å². The van der Waals surface area contributed by atoms with Gasteiger partial charge in [0.15, 0.2) is 6.29 Å². The molecule has 1 aromatic heterocycles. The summed E-state index contributed by atoms with van der Waals surface area (Å²) in [5.74, 6) is -0.280. The number of carbonyl (C=O) groups excluding carboxylic acids is 1. The molecule has 3 N–H and O–H groups in total. The van der Waals surface area contributed by atoms with E-state index < -0.39 is 30.4 Å². The van der Waals surface area contributed by atoms with Crippen molar-refractivity contribution in [1.29, 1.82) is 0 Å². The Morgan fingerprint density at radius 2 is 1.51 bits per heavy atom. The SMILES string of the molecule is CCCCCCCCCCCCCCCCCCCC(=O)OCC1CCCC(OCC2OC(n3cnc(N)nc3=O)CC2O)O1. The Morgan fingerprint density at radius 3 is 2.11 bits per heavy atom. The van der Waals surface area contributed by atoms with Gasteiger partial charge >= 0.3 is 11.7 Å². The van der Waals surface area contributed by atoms with Gasteiger partial charge in [-0.15, -0.1) is 0 Å². The third-order valence-electron chi connectivity index (χ3n) is 8.93. The molecule has 11 heteroatoms. The zero-order chi connectivity index (χ0) is 32.1. The van der Waals surface area contributed by atoms with E-state index in [4.69, 9.17) is 24.7 Å². The number of aromatic nitrogens is 3. The first-order valence-corrected chi connectivity index (χ1v) is 17.9. The molecule has 3 rings (SSSR count). The van der Waals surface area contributed by atoms with Crippen LogP contribution < -0.4 is 11.4 Å². The second-order valence-electron chi connectivity index (χ2n) is 12.9. The summed E-state index contributed by atoms with van der Waals surface area (Å²) >= 11 is 0. The van der Waals surface area contributed by atoms with Gasteiger partial charge in [-0.1, -0.05) is 110 Å². The first kappa shape index (κ1) is 37.4. The van der Waals surface area contributed by atoms with Gasteiger partial charge in [0.1, 0.15) is 25.3 Å². The fraction of sp³-hybridized carbons (Fsp3) is 0.882. The van der Waals surface area contributed by atoms with Gasteiger partial charge in [0.25, 0.3) is 0 Å². The van der Waals surface area contributed by atoms with E-state index in [1.807, 2.05) is 0 Å². The van der Waals surface area contributed by atoms with Gasteiger partial charge in [-0.25, -0.2) is 9.78 Å². The van der Waals surface area contributed by atoms with E-state index in [1.54, 1.807) is 0 Å². The van der Waals surface area contributed by atoms with E-state index in [0.717, 1.165) is 25.7 Å². The molecule has 258 valence electrons. The summed E-state index contributed by atoms with van der Waals surface area (Å²) in [7, 11) is 0. The van der Waals surface area contributed by atoms with Crippen molar-refractivity contribution in [3.8, 4) is 0 Å². The summed E-state index contributed by atoms with van der Waals surface area (Å²) in [5, 5.41) is 10.4. The molecule has 2 saturated heterocycles. The number of nitrogens with two attached hydrogens (primary N) is 1. The van der Waals surface area contributed by atoms with Gasteiger partial charge in [-0.2, -0.15) is 4.98 Å². The smallest absolute Gasteiger partial charge is 0.354 e. The van der Waals surface area contributed by atoms with Crippen molar-refractivity contribution in [2.24, 2.45) is 0 Å². The number of unbranched alkanes of at least 4 members (excludes halogenated alkanes) is 16. The maximum Gasteiger partial charge on any atom is 0.354 e. The fourth-order valence-corrected chi connectivity index (χ4v) is 6.15.